The molecule has 5 nitrogen and oxygen atoms in total. The highest BCUT2D eigenvalue weighted by molar-refractivity contribution is 6.30. The minimum atomic E-state index is 0.183. The molecule has 1 unspecified atom stereocenters. The third kappa shape index (κ3) is 2.51. The Morgan fingerprint density at radius 1 is 1.35 bits per heavy atom. The number of hydrogen-bond acceptors (Lipinski definition) is 4. The second kappa shape index (κ2) is 5.74. The van der Waals surface area contributed by atoms with Crippen LogP contribution in [0.5, 0.6) is 0 Å². The van der Waals surface area contributed by atoms with Crippen molar-refractivity contribution in [1.29, 1.82) is 0 Å². The van der Waals surface area contributed by atoms with Crippen LogP contribution in [0.2, 0.25) is 5.02 Å². The lowest BCUT2D eigenvalue weighted by molar-refractivity contribution is 0.694. The molecule has 0 saturated carbocycles. The molecule has 1 aliphatic rings. The van der Waals surface area contributed by atoms with Gasteiger partial charge in [-0.15, -0.1) is 0 Å². The predicted octanol–water partition coefficient (Wildman–Crippen LogP) is 4.14. The van der Waals surface area contributed by atoms with Gasteiger partial charge in [-0.3, -0.25) is 0 Å². The molecule has 1 atom stereocenters. The average Bonchev–Trinajstić information content (AvgIpc) is 2.99. The molecule has 3 aromatic rings. The summed E-state index contributed by atoms with van der Waals surface area (Å²) in [6.45, 7) is 3.06. The number of nitrogens with zero attached hydrogens (tertiary/aromatic N) is 2. The van der Waals surface area contributed by atoms with Crippen LogP contribution >= 0.6 is 11.6 Å². The summed E-state index contributed by atoms with van der Waals surface area (Å²) in [4.78, 5) is 12.0. The molecule has 4 rings (SSSR count). The van der Waals surface area contributed by atoms with Crippen molar-refractivity contribution < 1.29 is 0 Å². The SMILES string of the molecule is CCc1c[nH]c2ncnc(NC3CCNc4ccc(Cl)cc43)c12. The molecule has 3 N–H and O–H groups in total. The minimum Gasteiger partial charge on any atom is -0.385 e. The highest BCUT2D eigenvalue weighted by Crippen LogP contribution is 2.35. The van der Waals surface area contributed by atoms with Crippen LogP contribution in [0.3, 0.4) is 0 Å². The Hall–Kier alpha value is -2.27. The van der Waals surface area contributed by atoms with E-state index >= 15 is 0 Å². The van der Waals surface area contributed by atoms with Crippen molar-refractivity contribution in [2.24, 2.45) is 0 Å². The minimum absolute atomic E-state index is 0.183. The van der Waals surface area contributed by atoms with Crippen LogP contribution in [0.1, 0.15) is 30.5 Å². The quantitative estimate of drug-likeness (QED) is 0.676. The fourth-order valence-electron chi connectivity index (χ4n) is 3.22. The van der Waals surface area contributed by atoms with E-state index in [4.69, 9.17) is 11.6 Å². The summed E-state index contributed by atoms with van der Waals surface area (Å²) in [5.41, 5.74) is 4.42. The van der Waals surface area contributed by atoms with Gasteiger partial charge >= 0.3 is 0 Å². The number of nitrogens with one attached hydrogen (secondary N) is 3. The molecule has 0 fully saturated rings. The Morgan fingerprint density at radius 2 is 2.26 bits per heavy atom. The van der Waals surface area contributed by atoms with Gasteiger partial charge in [0.2, 0.25) is 0 Å². The van der Waals surface area contributed by atoms with E-state index < -0.39 is 0 Å². The van der Waals surface area contributed by atoms with Crippen molar-refractivity contribution in [3.63, 3.8) is 0 Å². The lowest BCUT2D eigenvalue weighted by Crippen LogP contribution is -2.22. The van der Waals surface area contributed by atoms with Gasteiger partial charge in [-0.25, -0.2) is 9.97 Å². The third-order valence-electron chi connectivity index (χ3n) is 4.38. The second-order valence-electron chi connectivity index (χ2n) is 5.76. The molecule has 0 spiro atoms. The number of aromatic amines is 1. The number of aryl methyl sites for hydroxylation is 1. The van der Waals surface area contributed by atoms with E-state index in [9.17, 15) is 0 Å². The molecule has 1 aromatic carbocycles. The molecule has 2 aromatic heterocycles. The van der Waals surface area contributed by atoms with Gasteiger partial charge in [-0.2, -0.15) is 0 Å². The van der Waals surface area contributed by atoms with E-state index in [2.05, 4.69) is 32.5 Å². The molecular formula is C17H18ClN5. The molecule has 0 bridgehead atoms. The molecule has 6 heteroatoms. The summed E-state index contributed by atoms with van der Waals surface area (Å²) >= 11 is 6.18. The number of fused-ring (bicyclic) bond motifs is 2. The molecular weight excluding hydrogens is 310 g/mol. The highest BCUT2D eigenvalue weighted by Gasteiger charge is 2.22. The predicted molar refractivity (Wildman–Crippen MR) is 94.2 cm³/mol. The summed E-state index contributed by atoms with van der Waals surface area (Å²) in [6, 6.07) is 6.16. The number of aromatic nitrogens is 3. The maximum atomic E-state index is 6.18. The van der Waals surface area contributed by atoms with Gasteiger partial charge in [-0.05, 0) is 42.2 Å². The maximum Gasteiger partial charge on any atom is 0.143 e. The zero-order chi connectivity index (χ0) is 15.8. The van der Waals surface area contributed by atoms with Crippen LogP contribution < -0.4 is 10.6 Å². The average molecular weight is 328 g/mol. The zero-order valence-electron chi connectivity index (χ0n) is 12.9. The normalized spacial score (nSPS) is 16.9. The number of rotatable bonds is 3. The Kier molecular flexibility index (Phi) is 3.58. The number of H-pyrrole nitrogens is 1. The molecule has 3 heterocycles. The molecule has 1 aliphatic heterocycles. The van der Waals surface area contributed by atoms with E-state index in [1.807, 2.05) is 24.4 Å². The van der Waals surface area contributed by atoms with Crippen molar-refractivity contribution in [2.75, 3.05) is 17.2 Å². The first-order valence-corrected chi connectivity index (χ1v) is 8.25. The van der Waals surface area contributed by atoms with Crippen LogP contribution in [0, 0.1) is 0 Å². The van der Waals surface area contributed by atoms with E-state index in [0.717, 1.165) is 46.9 Å². The zero-order valence-corrected chi connectivity index (χ0v) is 13.6. The second-order valence-corrected chi connectivity index (χ2v) is 6.19. The van der Waals surface area contributed by atoms with Gasteiger partial charge < -0.3 is 15.6 Å². The number of hydrogen-bond donors (Lipinski definition) is 3. The Morgan fingerprint density at radius 3 is 3.13 bits per heavy atom. The lowest BCUT2D eigenvalue weighted by Gasteiger charge is -2.28. The molecule has 118 valence electrons. The first-order chi connectivity index (χ1) is 11.3. The number of halogens is 1. The van der Waals surface area contributed by atoms with Gasteiger partial charge in [0.15, 0.2) is 0 Å². The van der Waals surface area contributed by atoms with Crippen LogP contribution in [0.4, 0.5) is 11.5 Å². The van der Waals surface area contributed by atoms with E-state index in [1.165, 1.54) is 11.1 Å². The van der Waals surface area contributed by atoms with Gasteiger partial charge in [0, 0.05) is 23.5 Å². The first kappa shape index (κ1) is 14.3. The third-order valence-corrected chi connectivity index (χ3v) is 4.62. The van der Waals surface area contributed by atoms with Crippen molar-refractivity contribution in [1.82, 2.24) is 15.0 Å². The van der Waals surface area contributed by atoms with E-state index in [1.54, 1.807) is 6.33 Å². The Bertz CT molecular complexity index is 857. The first-order valence-electron chi connectivity index (χ1n) is 7.87. The fourth-order valence-corrected chi connectivity index (χ4v) is 3.40. The smallest absolute Gasteiger partial charge is 0.143 e. The summed E-state index contributed by atoms with van der Waals surface area (Å²) in [6.07, 6.45) is 5.53. The van der Waals surface area contributed by atoms with Crippen molar-refractivity contribution in [3.05, 3.63) is 46.9 Å². The Labute approximate surface area is 139 Å². The van der Waals surface area contributed by atoms with E-state index in [-0.39, 0.29) is 6.04 Å². The number of anilines is 2. The van der Waals surface area contributed by atoms with Crippen LogP contribution in [-0.2, 0) is 6.42 Å². The van der Waals surface area contributed by atoms with Crippen molar-refractivity contribution in [2.45, 2.75) is 25.8 Å². The van der Waals surface area contributed by atoms with Crippen molar-refractivity contribution >= 4 is 34.1 Å². The van der Waals surface area contributed by atoms with Gasteiger partial charge in [-0.1, -0.05) is 18.5 Å². The van der Waals surface area contributed by atoms with Crippen LogP contribution in [0.15, 0.2) is 30.7 Å². The molecule has 0 amide bonds. The van der Waals surface area contributed by atoms with Gasteiger partial charge in [0.05, 0.1) is 11.4 Å². The monoisotopic (exact) mass is 327 g/mol. The largest absolute Gasteiger partial charge is 0.385 e. The molecule has 23 heavy (non-hydrogen) atoms. The lowest BCUT2D eigenvalue weighted by atomic mass is 9.97. The molecule has 0 saturated heterocycles. The van der Waals surface area contributed by atoms with Gasteiger partial charge in [0.1, 0.15) is 17.8 Å². The van der Waals surface area contributed by atoms with Crippen molar-refractivity contribution in [3.8, 4) is 0 Å². The van der Waals surface area contributed by atoms with Crippen LogP contribution in [0.25, 0.3) is 11.0 Å². The summed E-state index contributed by atoms with van der Waals surface area (Å²) in [7, 11) is 0. The summed E-state index contributed by atoms with van der Waals surface area (Å²) in [5.74, 6) is 0.880. The van der Waals surface area contributed by atoms with E-state index in [0.29, 0.717) is 0 Å². The fraction of sp³-hybridized carbons (Fsp3) is 0.294. The van der Waals surface area contributed by atoms with Crippen LogP contribution in [-0.4, -0.2) is 21.5 Å². The van der Waals surface area contributed by atoms with Gasteiger partial charge in [0.25, 0.3) is 0 Å². The summed E-state index contributed by atoms with van der Waals surface area (Å²) in [5, 5.41) is 8.85. The summed E-state index contributed by atoms with van der Waals surface area (Å²) < 4.78 is 0. The standard InChI is InChI=1S/C17H18ClN5/c1-2-10-8-20-16-15(10)17(22-9-21-16)23-14-5-6-19-13-4-3-11(18)7-12(13)14/h3-4,7-9,14,19H,2,5-6H2,1H3,(H2,20,21,22,23). The maximum absolute atomic E-state index is 6.18. The topological polar surface area (TPSA) is 65.6 Å². The Balaban J connectivity index is 1.75. The number of benzene rings is 1. The molecule has 0 aliphatic carbocycles. The highest BCUT2D eigenvalue weighted by atomic mass is 35.5. The molecule has 0 radical (unpaired) electrons.